The van der Waals surface area contributed by atoms with E-state index in [1.54, 1.807) is 0 Å². The zero-order chi connectivity index (χ0) is 13.7. The number of thioether (sulfide) groups is 1. The van der Waals surface area contributed by atoms with Crippen molar-refractivity contribution in [1.82, 2.24) is 4.90 Å². The molecular weight excluding hydrogens is 278 g/mol. The van der Waals surface area contributed by atoms with Crippen LogP contribution in [0.1, 0.15) is 32.1 Å². The molecule has 1 aromatic carbocycles. The number of carbonyl (C=O) groups is 1. The normalized spacial score (nSPS) is 16.3. The van der Waals surface area contributed by atoms with Gasteiger partial charge in [-0.05, 0) is 25.0 Å². The van der Waals surface area contributed by atoms with Crippen molar-refractivity contribution < 1.29 is 4.79 Å². The quantitative estimate of drug-likeness (QED) is 0.775. The molecule has 0 atom stereocenters. The van der Waals surface area contributed by atoms with Gasteiger partial charge in [-0.25, -0.2) is 0 Å². The van der Waals surface area contributed by atoms with E-state index in [0.717, 1.165) is 22.8 Å². The zero-order valence-corrected chi connectivity index (χ0v) is 12.8. The van der Waals surface area contributed by atoms with Crippen LogP contribution in [0.4, 0.5) is 0 Å². The number of hydrogen-bond acceptors (Lipinski definition) is 2. The third-order valence-corrected chi connectivity index (χ3v) is 5.20. The molecule has 2 rings (SSSR count). The van der Waals surface area contributed by atoms with Gasteiger partial charge in [-0.2, -0.15) is 0 Å². The van der Waals surface area contributed by atoms with Gasteiger partial charge in [0.05, 0.1) is 10.8 Å². The first-order chi connectivity index (χ1) is 9.18. The topological polar surface area (TPSA) is 20.3 Å². The summed E-state index contributed by atoms with van der Waals surface area (Å²) < 4.78 is 0. The van der Waals surface area contributed by atoms with Crippen LogP contribution < -0.4 is 0 Å². The van der Waals surface area contributed by atoms with Crippen LogP contribution in [0.5, 0.6) is 0 Å². The van der Waals surface area contributed by atoms with Gasteiger partial charge < -0.3 is 4.90 Å². The molecule has 19 heavy (non-hydrogen) atoms. The maximum Gasteiger partial charge on any atom is 0.232 e. The summed E-state index contributed by atoms with van der Waals surface area (Å²) in [6, 6.07) is 8.11. The Morgan fingerprint density at radius 3 is 2.68 bits per heavy atom. The van der Waals surface area contributed by atoms with Crippen molar-refractivity contribution in [3.63, 3.8) is 0 Å². The minimum atomic E-state index is 0.205. The van der Waals surface area contributed by atoms with E-state index in [4.69, 9.17) is 11.6 Å². The number of benzene rings is 1. The van der Waals surface area contributed by atoms with E-state index in [1.165, 1.54) is 31.0 Å². The predicted molar refractivity (Wildman–Crippen MR) is 81.8 cm³/mol. The number of halogens is 1. The van der Waals surface area contributed by atoms with Crippen LogP contribution in [0.2, 0.25) is 5.02 Å². The molecule has 1 aliphatic carbocycles. The molecule has 1 saturated carbocycles. The van der Waals surface area contributed by atoms with Gasteiger partial charge >= 0.3 is 0 Å². The second-order valence-electron chi connectivity index (χ2n) is 5.02. The maximum atomic E-state index is 12.2. The lowest BCUT2D eigenvalue weighted by Gasteiger charge is -2.31. The van der Waals surface area contributed by atoms with Gasteiger partial charge in [0.25, 0.3) is 0 Å². The standard InChI is InChI=1S/C15H20ClNOS/c1-17(12-7-3-2-4-8-12)15(18)11-19-14-10-6-5-9-13(14)16/h5-6,9-10,12H,2-4,7-8,11H2,1H3. The number of hydrogen-bond donors (Lipinski definition) is 0. The van der Waals surface area contributed by atoms with Gasteiger partial charge in [0.2, 0.25) is 5.91 Å². The Morgan fingerprint density at radius 1 is 1.32 bits per heavy atom. The Kier molecular flexibility index (Phi) is 5.59. The fraction of sp³-hybridized carbons (Fsp3) is 0.533. The molecule has 0 aromatic heterocycles. The lowest BCUT2D eigenvalue weighted by molar-refractivity contribution is -0.129. The van der Waals surface area contributed by atoms with Crippen LogP contribution in [-0.4, -0.2) is 29.6 Å². The van der Waals surface area contributed by atoms with Crippen molar-refractivity contribution >= 4 is 29.3 Å². The molecule has 0 saturated heterocycles. The van der Waals surface area contributed by atoms with Crippen molar-refractivity contribution in [2.45, 2.75) is 43.0 Å². The van der Waals surface area contributed by atoms with E-state index in [-0.39, 0.29) is 5.91 Å². The highest BCUT2D eigenvalue weighted by molar-refractivity contribution is 8.00. The van der Waals surface area contributed by atoms with Crippen molar-refractivity contribution in [3.8, 4) is 0 Å². The Labute approximate surface area is 124 Å². The fourth-order valence-corrected chi connectivity index (χ4v) is 3.64. The summed E-state index contributed by atoms with van der Waals surface area (Å²) in [4.78, 5) is 15.1. The molecule has 1 fully saturated rings. The van der Waals surface area contributed by atoms with Crippen LogP contribution in [0.15, 0.2) is 29.2 Å². The van der Waals surface area contributed by atoms with Crippen LogP contribution in [0.25, 0.3) is 0 Å². The molecule has 0 radical (unpaired) electrons. The molecule has 1 aliphatic rings. The maximum absolute atomic E-state index is 12.2. The molecular formula is C15H20ClNOS. The predicted octanol–water partition coefficient (Wildman–Crippen LogP) is 4.22. The van der Waals surface area contributed by atoms with E-state index in [0.29, 0.717) is 11.8 Å². The first-order valence-corrected chi connectivity index (χ1v) is 8.18. The average Bonchev–Trinajstić information content (AvgIpc) is 2.46. The van der Waals surface area contributed by atoms with Gasteiger partial charge in [0, 0.05) is 18.0 Å². The second kappa shape index (κ2) is 7.20. The minimum Gasteiger partial charge on any atom is -0.342 e. The Bertz CT molecular complexity index is 432. The van der Waals surface area contributed by atoms with Gasteiger partial charge in [-0.15, -0.1) is 11.8 Å². The Balaban J connectivity index is 1.85. The van der Waals surface area contributed by atoms with Gasteiger partial charge in [0.1, 0.15) is 0 Å². The van der Waals surface area contributed by atoms with Gasteiger partial charge in [-0.1, -0.05) is 43.0 Å². The summed E-state index contributed by atoms with van der Waals surface area (Å²) in [5, 5.41) is 0.723. The highest BCUT2D eigenvalue weighted by atomic mass is 35.5. The molecule has 2 nitrogen and oxygen atoms in total. The molecule has 4 heteroatoms. The summed E-state index contributed by atoms with van der Waals surface area (Å²) in [6.45, 7) is 0. The molecule has 1 amide bonds. The largest absolute Gasteiger partial charge is 0.342 e. The first kappa shape index (κ1) is 14.7. The first-order valence-electron chi connectivity index (χ1n) is 6.81. The summed E-state index contributed by atoms with van der Waals surface area (Å²) in [6.07, 6.45) is 6.12. The van der Waals surface area contributed by atoms with Gasteiger partial charge in [0.15, 0.2) is 0 Å². The summed E-state index contributed by atoms with van der Waals surface area (Å²) in [5.41, 5.74) is 0. The third-order valence-electron chi connectivity index (χ3n) is 3.70. The zero-order valence-electron chi connectivity index (χ0n) is 11.3. The lowest BCUT2D eigenvalue weighted by Crippen LogP contribution is -2.39. The molecule has 0 bridgehead atoms. The second-order valence-corrected chi connectivity index (χ2v) is 6.44. The molecule has 0 heterocycles. The van der Waals surface area contributed by atoms with Crippen molar-refractivity contribution in [2.75, 3.05) is 12.8 Å². The molecule has 104 valence electrons. The van der Waals surface area contributed by atoms with E-state index in [2.05, 4.69) is 0 Å². The van der Waals surface area contributed by atoms with E-state index < -0.39 is 0 Å². The van der Waals surface area contributed by atoms with E-state index in [9.17, 15) is 4.79 Å². The van der Waals surface area contributed by atoms with Crippen molar-refractivity contribution in [2.24, 2.45) is 0 Å². The monoisotopic (exact) mass is 297 g/mol. The third kappa shape index (κ3) is 4.15. The van der Waals surface area contributed by atoms with Crippen molar-refractivity contribution in [1.29, 1.82) is 0 Å². The van der Waals surface area contributed by atoms with E-state index in [1.807, 2.05) is 36.2 Å². The number of carbonyl (C=O) groups excluding carboxylic acids is 1. The Hall–Kier alpha value is -0.670. The highest BCUT2D eigenvalue weighted by Crippen LogP contribution is 2.27. The number of rotatable bonds is 4. The van der Waals surface area contributed by atoms with Crippen molar-refractivity contribution in [3.05, 3.63) is 29.3 Å². The minimum absolute atomic E-state index is 0.205. The SMILES string of the molecule is CN(C(=O)CSc1ccccc1Cl)C1CCCCC1. The van der Waals surface area contributed by atoms with Crippen LogP contribution in [0.3, 0.4) is 0 Å². The Morgan fingerprint density at radius 2 is 2.00 bits per heavy atom. The summed E-state index contributed by atoms with van der Waals surface area (Å²) >= 11 is 7.61. The lowest BCUT2D eigenvalue weighted by atomic mass is 9.94. The molecule has 0 N–H and O–H groups in total. The van der Waals surface area contributed by atoms with Crippen LogP contribution in [-0.2, 0) is 4.79 Å². The molecule has 0 unspecified atom stereocenters. The van der Waals surface area contributed by atoms with Crippen LogP contribution in [0, 0.1) is 0 Å². The van der Waals surface area contributed by atoms with Gasteiger partial charge in [-0.3, -0.25) is 4.79 Å². The van der Waals surface area contributed by atoms with E-state index >= 15 is 0 Å². The average molecular weight is 298 g/mol. The molecule has 0 aliphatic heterocycles. The fourth-order valence-electron chi connectivity index (χ4n) is 2.48. The highest BCUT2D eigenvalue weighted by Gasteiger charge is 2.21. The molecule has 1 aromatic rings. The summed E-state index contributed by atoms with van der Waals surface area (Å²) in [7, 11) is 1.94. The number of nitrogens with zero attached hydrogens (tertiary/aromatic N) is 1. The summed E-state index contributed by atoms with van der Waals surface area (Å²) in [5.74, 6) is 0.674. The smallest absolute Gasteiger partial charge is 0.232 e. The van der Waals surface area contributed by atoms with Crippen LogP contribution >= 0.6 is 23.4 Å². The molecule has 0 spiro atoms. The number of amides is 1.